The Morgan fingerprint density at radius 2 is 2.06 bits per heavy atom. The molecule has 98 valence electrons. The molecule has 0 radical (unpaired) electrons. The van der Waals surface area contributed by atoms with Crippen LogP contribution in [-0.4, -0.2) is 43.2 Å². The molecule has 0 aromatic heterocycles. The number of hydrogen-bond acceptors (Lipinski definition) is 4. The molecular weight excluding hydrogens is 222 g/mol. The molecule has 5 heteroatoms. The minimum Gasteiger partial charge on any atom is -0.444 e. The van der Waals surface area contributed by atoms with Gasteiger partial charge in [-0.3, -0.25) is 0 Å². The van der Waals surface area contributed by atoms with Crippen molar-refractivity contribution in [3.05, 3.63) is 0 Å². The van der Waals surface area contributed by atoms with Gasteiger partial charge in [-0.05, 0) is 33.6 Å². The average Bonchev–Trinajstić information content (AvgIpc) is 2.98. The quantitative estimate of drug-likeness (QED) is 0.746. The number of carbonyl (C=O) groups excluding carboxylic acids is 1. The van der Waals surface area contributed by atoms with Crippen LogP contribution >= 0.6 is 0 Å². The Hall–Kier alpha value is -0.810. The van der Waals surface area contributed by atoms with Crippen molar-refractivity contribution in [1.29, 1.82) is 0 Å². The van der Waals surface area contributed by atoms with Gasteiger partial charge in [-0.2, -0.15) is 0 Å². The normalized spacial score (nSPS) is 33.0. The van der Waals surface area contributed by atoms with Gasteiger partial charge in [-0.15, -0.1) is 0 Å². The zero-order valence-electron chi connectivity index (χ0n) is 10.7. The minimum absolute atomic E-state index is 0.00565. The van der Waals surface area contributed by atoms with Crippen molar-refractivity contribution in [3.63, 3.8) is 0 Å². The summed E-state index contributed by atoms with van der Waals surface area (Å²) in [7, 11) is 0. The Labute approximate surface area is 102 Å². The summed E-state index contributed by atoms with van der Waals surface area (Å²) in [6.45, 7) is 7.04. The van der Waals surface area contributed by atoms with E-state index in [1.807, 2.05) is 20.8 Å². The van der Waals surface area contributed by atoms with Crippen molar-refractivity contribution >= 4 is 6.09 Å². The van der Waals surface area contributed by atoms with Crippen LogP contribution in [0, 0.1) is 0 Å². The maximum atomic E-state index is 11.7. The Bertz CT molecular complexity index is 283. The van der Waals surface area contributed by atoms with Crippen molar-refractivity contribution in [1.82, 2.24) is 5.32 Å². The van der Waals surface area contributed by atoms with Gasteiger partial charge in [0, 0.05) is 6.61 Å². The zero-order chi connectivity index (χ0) is 12.5. The van der Waals surface area contributed by atoms with E-state index in [9.17, 15) is 4.79 Å². The number of alkyl carbamates (subject to hydrolysis) is 1. The number of ether oxygens (including phenoxy) is 3. The van der Waals surface area contributed by atoms with Crippen LogP contribution in [0.2, 0.25) is 0 Å². The van der Waals surface area contributed by atoms with E-state index in [4.69, 9.17) is 14.2 Å². The van der Waals surface area contributed by atoms with Crippen LogP contribution in [0.4, 0.5) is 4.79 Å². The first-order chi connectivity index (χ1) is 7.96. The van der Waals surface area contributed by atoms with Crippen LogP contribution in [-0.2, 0) is 14.2 Å². The molecule has 2 fully saturated rings. The summed E-state index contributed by atoms with van der Waals surface area (Å²) < 4.78 is 16.1. The molecule has 0 spiro atoms. The molecule has 5 nitrogen and oxygen atoms in total. The number of nitrogens with one attached hydrogen (secondary N) is 1. The summed E-state index contributed by atoms with van der Waals surface area (Å²) in [6, 6.07) is 0.00565. The predicted octanol–water partition coefficient (Wildman–Crippen LogP) is 1.46. The standard InChI is InChI=1S/C12H21NO4/c1-12(2,3)17-11(14)13-8-5-4-6-15-10(8)9-7-16-9/h8-10H,4-7H2,1-3H3,(H,13,14)/t8-,9?,10-/m1/s1. The third kappa shape index (κ3) is 3.85. The molecule has 0 aliphatic carbocycles. The number of amides is 1. The van der Waals surface area contributed by atoms with E-state index in [-0.39, 0.29) is 24.3 Å². The van der Waals surface area contributed by atoms with Crippen LogP contribution in [0.25, 0.3) is 0 Å². The molecule has 1 N–H and O–H groups in total. The number of rotatable bonds is 2. The van der Waals surface area contributed by atoms with E-state index >= 15 is 0 Å². The lowest BCUT2D eigenvalue weighted by atomic mass is 10.0. The lowest BCUT2D eigenvalue weighted by Gasteiger charge is -2.32. The van der Waals surface area contributed by atoms with E-state index in [1.165, 1.54) is 0 Å². The highest BCUT2D eigenvalue weighted by atomic mass is 16.6. The van der Waals surface area contributed by atoms with Crippen molar-refractivity contribution in [2.24, 2.45) is 0 Å². The molecule has 2 aliphatic rings. The van der Waals surface area contributed by atoms with Gasteiger partial charge in [0.25, 0.3) is 0 Å². The van der Waals surface area contributed by atoms with E-state index in [0.29, 0.717) is 0 Å². The summed E-state index contributed by atoms with van der Waals surface area (Å²) in [6.07, 6.45) is 1.64. The Balaban J connectivity index is 1.85. The summed E-state index contributed by atoms with van der Waals surface area (Å²) in [5.74, 6) is 0. The molecule has 2 saturated heterocycles. The van der Waals surface area contributed by atoms with Gasteiger partial charge >= 0.3 is 6.09 Å². The second-order valence-electron chi connectivity index (χ2n) is 5.60. The van der Waals surface area contributed by atoms with E-state index in [2.05, 4.69) is 5.32 Å². The third-order valence-electron chi connectivity index (χ3n) is 2.79. The topological polar surface area (TPSA) is 60.1 Å². The largest absolute Gasteiger partial charge is 0.444 e. The highest BCUT2D eigenvalue weighted by molar-refractivity contribution is 5.68. The molecule has 1 amide bonds. The van der Waals surface area contributed by atoms with Crippen LogP contribution < -0.4 is 5.32 Å². The zero-order valence-corrected chi connectivity index (χ0v) is 10.7. The first-order valence-corrected chi connectivity index (χ1v) is 6.18. The van der Waals surface area contributed by atoms with Crippen molar-refractivity contribution < 1.29 is 19.0 Å². The lowest BCUT2D eigenvalue weighted by Crippen LogP contribution is -2.50. The molecule has 0 aromatic carbocycles. The number of carbonyl (C=O) groups is 1. The summed E-state index contributed by atoms with van der Waals surface area (Å²) in [5, 5.41) is 2.88. The predicted molar refractivity (Wildman–Crippen MR) is 61.9 cm³/mol. The van der Waals surface area contributed by atoms with E-state index in [0.717, 1.165) is 26.1 Å². The highest BCUT2D eigenvalue weighted by Crippen LogP contribution is 2.25. The van der Waals surface area contributed by atoms with Gasteiger partial charge < -0.3 is 19.5 Å². The van der Waals surface area contributed by atoms with Gasteiger partial charge in [-0.1, -0.05) is 0 Å². The van der Waals surface area contributed by atoms with Crippen LogP contribution in [0.15, 0.2) is 0 Å². The van der Waals surface area contributed by atoms with Gasteiger partial charge in [0.2, 0.25) is 0 Å². The third-order valence-corrected chi connectivity index (χ3v) is 2.79. The van der Waals surface area contributed by atoms with Gasteiger partial charge in [0.1, 0.15) is 17.8 Å². The maximum Gasteiger partial charge on any atom is 0.407 e. The maximum absolute atomic E-state index is 11.7. The Morgan fingerprint density at radius 1 is 1.35 bits per heavy atom. The van der Waals surface area contributed by atoms with Crippen molar-refractivity contribution in [2.75, 3.05) is 13.2 Å². The number of epoxide rings is 1. The summed E-state index contributed by atoms with van der Waals surface area (Å²) >= 11 is 0. The minimum atomic E-state index is -0.467. The second-order valence-corrected chi connectivity index (χ2v) is 5.60. The summed E-state index contributed by atoms with van der Waals surface area (Å²) in [4.78, 5) is 11.7. The highest BCUT2D eigenvalue weighted by Gasteiger charge is 2.41. The first-order valence-electron chi connectivity index (χ1n) is 6.18. The van der Waals surface area contributed by atoms with Crippen LogP contribution in [0.3, 0.4) is 0 Å². The van der Waals surface area contributed by atoms with E-state index < -0.39 is 5.60 Å². The SMILES string of the molecule is CC(C)(C)OC(=O)N[C@@H]1CCCO[C@H]1C1CO1. The average molecular weight is 243 g/mol. The molecule has 0 bridgehead atoms. The molecule has 2 heterocycles. The smallest absolute Gasteiger partial charge is 0.407 e. The molecule has 0 saturated carbocycles. The molecule has 2 aliphatic heterocycles. The molecule has 17 heavy (non-hydrogen) atoms. The van der Waals surface area contributed by atoms with Gasteiger partial charge in [0.15, 0.2) is 0 Å². The fraction of sp³-hybridized carbons (Fsp3) is 0.917. The Kier molecular flexibility index (Phi) is 3.58. The van der Waals surface area contributed by atoms with Crippen molar-refractivity contribution in [3.8, 4) is 0 Å². The monoisotopic (exact) mass is 243 g/mol. The molecule has 3 atom stereocenters. The van der Waals surface area contributed by atoms with Crippen LogP contribution in [0.5, 0.6) is 0 Å². The molecule has 0 aromatic rings. The Morgan fingerprint density at radius 3 is 2.65 bits per heavy atom. The summed E-state index contributed by atoms with van der Waals surface area (Å²) in [5.41, 5.74) is -0.467. The van der Waals surface area contributed by atoms with Gasteiger partial charge in [0.05, 0.1) is 12.6 Å². The lowest BCUT2D eigenvalue weighted by molar-refractivity contribution is -0.0279. The fourth-order valence-corrected chi connectivity index (χ4v) is 2.03. The van der Waals surface area contributed by atoms with E-state index in [1.54, 1.807) is 0 Å². The van der Waals surface area contributed by atoms with Crippen molar-refractivity contribution in [2.45, 2.75) is 57.5 Å². The fourth-order valence-electron chi connectivity index (χ4n) is 2.03. The molecule has 1 unspecified atom stereocenters. The van der Waals surface area contributed by atoms with Gasteiger partial charge in [-0.25, -0.2) is 4.79 Å². The number of hydrogen-bond donors (Lipinski definition) is 1. The molecular formula is C12H21NO4. The van der Waals surface area contributed by atoms with Crippen LogP contribution in [0.1, 0.15) is 33.6 Å². The first kappa shape index (κ1) is 12.6. The molecule has 2 rings (SSSR count). The second kappa shape index (κ2) is 4.82.